The van der Waals surface area contributed by atoms with Gasteiger partial charge in [-0.05, 0) is 37.8 Å². The van der Waals surface area contributed by atoms with Crippen molar-refractivity contribution in [2.75, 3.05) is 0 Å². The number of allylic oxidation sites excluding steroid dienone is 7. The summed E-state index contributed by atoms with van der Waals surface area (Å²) >= 11 is 0. The number of hydrogen-bond donors (Lipinski definition) is 0. The first-order chi connectivity index (χ1) is 7.15. The van der Waals surface area contributed by atoms with E-state index in [9.17, 15) is 0 Å². The highest BCUT2D eigenvalue weighted by Crippen LogP contribution is 2.23. The molecule has 0 saturated carbocycles. The van der Waals surface area contributed by atoms with Crippen LogP contribution in [0.15, 0.2) is 47.6 Å². The van der Waals surface area contributed by atoms with Crippen LogP contribution in [0.5, 0.6) is 0 Å². The fourth-order valence-corrected chi connectivity index (χ4v) is 1.35. The second-order valence-electron chi connectivity index (χ2n) is 4.00. The van der Waals surface area contributed by atoms with Crippen molar-refractivity contribution < 1.29 is 0 Å². The van der Waals surface area contributed by atoms with E-state index in [0.29, 0.717) is 0 Å². The zero-order valence-corrected chi connectivity index (χ0v) is 10.6. The van der Waals surface area contributed by atoms with Crippen LogP contribution in [0.25, 0.3) is 0 Å². The van der Waals surface area contributed by atoms with Crippen molar-refractivity contribution in [1.82, 2.24) is 0 Å². The van der Waals surface area contributed by atoms with E-state index in [2.05, 4.69) is 52.5 Å². The summed E-state index contributed by atoms with van der Waals surface area (Å²) in [7, 11) is 0. The van der Waals surface area contributed by atoms with Crippen molar-refractivity contribution in [1.29, 1.82) is 0 Å². The Morgan fingerprint density at radius 2 is 1.93 bits per heavy atom. The molecule has 0 aromatic carbocycles. The van der Waals surface area contributed by atoms with Crippen LogP contribution >= 0.6 is 0 Å². The quantitative estimate of drug-likeness (QED) is 0.542. The lowest BCUT2D eigenvalue weighted by atomic mass is 9.94. The van der Waals surface area contributed by atoms with E-state index in [4.69, 9.17) is 0 Å². The SMILES string of the molecule is C=C/C=C(\C)C1=CC=C(C)CC1.CCC. The van der Waals surface area contributed by atoms with Crippen LogP contribution in [0, 0.1) is 0 Å². The molecule has 0 fully saturated rings. The Kier molecular flexibility index (Phi) is 7.71. The molecule has 0 N–H and O–H groups in total. The summed E-state index contributed by atoms with van der Waals surface area (Å²) in [5.74, 6) is 0. The van der Waals surface area contributed by atoms with Gasteiger partial charge in [-0.1, -0.05) is 56.7 Å². The van der Waals surface area contributed by atoms with Crippen LogP contribution < -0.4 is 0 Å². The summed E-state index contributed by atoms with van der Waals surface area (Å²) in [4.78, 5) is 0. The van der Waals surface area contributed by atoms with Gasteiger partial charge in [-0.3, -0.25) is 0 Å². The second-order valence-corrected chi connectivity index (χ2v) is 4.00. The largest absolute Gasteiger partial charge is 0.0991 e. The van der Waals surface area contributed by atoms with Gasteiger partial charge in [0.15, 0.2) is 0 Å². The van der Waals surface area contributed by atoms with E-state index in [1.54, 1.807) is 0 Å². The Bertz CT molecular complexity index is 274. The topological polar surface area (TPSA) is 0 Å². The Labute approximate surface area is 95.1 Å². The van der Waals surface area contributed by atoms with Crippen LogP contribution in [0.1, 0.15) is 47.0 Å². The van der Waals surface area contributed by atoms with Gasteiger partial charge in [0.2, 0.25) is 0 Å². The molecule has 0 atom stereocenters. The molecule has 0 amide bonds. The van der Waals surface area contributed by atoms with Crippen LogP contribution in [-0.2, 0) is 0 Å². The van der Waals surface area contributed by atoms with E-state index in [1.165, 1.54) is 36.0 Å². The Hall–Kier alpha value is -1.04. The van der Waals surface area contributed by atoms with Crippen molar-refractivity contribution in [3.05, 3.63) is 47.6 Å². The summed E-state index contributed by atoms with van der Waals surface area (Å²) in [5.41, 5.74) is 4.26. The van der Waals surface area contributed by atoms with Crippen molar-refractivity contribution in [2.45, 2.75) is 47.0 Å². The Morgan fingerprint density at radius 3 is 2.33 bits per heavy atom. The van der Waals surface area contributed by atoms with Crippen LogP contribution in [0.4, 0.5) is 0 Å². The lowest BCUT2D eigenvalue weighted by Gasteiger charge is -2.11. The lowest BCUT2D eigenvalue weighted by molar-refractivity contribution is 0.912. The maximum absolute atomic E-state index is 3.69. The lowest BCUT2D eigenvalue weighted by Crippen LogP contribution is -1.92. The molecule has 0 unspecified atom stereocenters. The standard InChI is InChI=1S/C12H16.C3H8/c1-4-5-11(3)12-8-6-10(2)7-9-12;1-3-2/h4-6,8H,1,7,9H2,2-3H3;3H2,1-2H3/b11-5+;. The zero-order valence-electron chi connectivity index (χ0n) is 10.6. The smallest absolute Gasteiger partial charge is 0.0239 e. The summed E-state index contributed by atoms with van der Waals surface area (Å²) < 4.78 is 0. The third-order valence-corrected chi connectivity index (χ3v) is 2.23. The molecule has 0 heteroatoms. The third kappa shape index (κ3) is 6.11. The van der Waals surface area contributed by atoms with E-state index in [0.717, 1.165) is 0 Å². The maximum Gasteiger partial charge on any atom is -0.0239 e. The zero-order chi connectivity index (χ0) is 11.7. The van der Waals surface area contributed by atoms with E-state index in [1.807, 2.05) is 6.08 Å². The molecule has 0 saturated heterocycles. The number of hydrogen-bond acceptors (Lipinski definition) is 0. The molecule has 0 bridgehead atoms. The predicted molar refractivity (Wildman–Crippen MR) is 71.0 cm³/mol. The van der Waals surface area contributed by atoms with Crippen LogP contribution in [0.3, 0.4) is 0 Å². The minimum absolute atomic E-state index is 1.18. The van der Waals surface area contributed by atoms with Crippen LogP contribution in [-0.4, -0.2) is 0 Å². The number of rotatable bonds is 2. The molecule has 0 aromatic heterocycles. The summed E-state index contributed by atoms with van der Waals surface area (Å²) in [6, 6.07) is 0. The minimum Gasteiger partial charge on any atom is -0.0991 e. The average Bonchev–Trinajstić information content (AvgIpc) is 2.20. The molecular weight excluding hydrogens is 180 g/mol. The molecule has 84 valence electrons. The molecule has 0 spiro atoms. The van der Waals surface area contributed by atoms with E-state index < -0.39 is 0 Å². The van der Waals surface area contributed by atoms with Crippen molar-refractivity contribution in [3.8, 4) is 0 Å². The minimum atomic E-state index is 1.18. The molecule has 0 radical (unpaired) electrons. The molecule has 15 heavy (non-hydrogen) atoms. The average molecular weight is 204 g/mol. The van der Waals surface area contributed by atoms with Crippen LogP contribution in [0.2, 0.25) is 0 Å². The summed E-state index contributed by atoms with van der Waals surface area (Å²) in [6.07, 6.45) is 12.0. The summed E-state index contributed by atoms with van der Waals surface area (Å²) in [5, 5.41) is 0. The molecule has 0 aliphatic heterocycles. The van der Waals surface area contributed by atoms with E-state index in [-0.39, 0.29) is 0 Å². The summed E-state index contributed by atoms with van der Waals surface area (Å²) in [6.45, 7) is 12.3. The first-order valence-corrected chi connectivity index (χ1v) is 5.81. The fraction of sp³-hybridized carbons (Fsp3) is 0.467. The molecule has 0 heterocycles. The predicted octanol–water partition coefficient (Wildman–Crippen LogP) is 5.20. The molecule has 1 aliphatic rings. The maximum atomic E-state index is 3.69. The third-order valence-electron chi connectivity index (χ3n) is 2.23. The van der Waals surface area contributed by atoms with Crippen molar-refractivity contribution >= 4 is 0 Å². The van der Waals surface area contributed by atoms with Crippen molar-refractivity contribution in [2.24, 2.45) is 0 Å². The van der Waals surface area contributed by atoms with Gasteiger partial charge in [0.05, 0.1) is 0 Å². The van der Waals surface area contributed by atoms with Gasteiger partial charge in [-0.2, -0.15) is 0 Å². The first-order valence-electron chi connectivity index (χ1n) is 5.81. The second kappa shape index (κ2) is 8.28. The highest BCUT2D eigenvalue weighted by atomic mass is 14.1. The first kappa shape index (κ1) is 14.0. The van der Waals surface area contributed by atoms with Crippen molar-refractivity contribution in [3.63, 3.8) is 0 Å². The van der Waals surface area contributed by atoms with Gasteiger partial charge in [0.25, 0.3) is 0 Å². The fourth-order valence-electron chi connectivity index (χ4n) is 1.35. The highest BCUT2D eigenvalue weighted by molar-refractivity contribution is 5.37. The van der Waals surface area contributed by atoms with Gasteiger partial charge in [0, 0.05) is 0 Å². The van der Waals surface area contributed by atoms with Gasteiger partial charge in [-0.25, -0.2) is 0 Å². The Balaban J connectivity index is 0.000000583. The normalized spacial score (nSPS) is 15.9. The van der Waals surface area contributed by atoms with Gasteiger partial charge in [-0.15, -0.1) is 0 Å². The molecular formula is C15H24. The monoisotopic (exact) mass is 204 g/mol. The molecule has 0 aromatic rings. The van der Waals surface area contributed by atoms with E-state index >= 15 is 0 Å². The van der Waals surface area contributed by atoms with Gasteiger partial charge >= 0.3 is 0 Å². The molecule has 1 aliphatic carbocycles. The highest BCUT2D eigenvalue weighted by Gasteiger charge is 2.03. The molecule has 1 rings (SSSR count). The molecule has 0 nitrogen and oxygen atoms in total. The van der Waals surface area contributed by atoms with Gasteiger partial charge in [0.1, 0.15) is 0 Å². The Morgan fingerprint density at radius 1 is 1.33 bits per heavy atom. The van der Waals surface area contributed by atoms with Gasteiger partial charge < -0.3 is 0 Å².